The predicted octanol–water partition coefficient (Wildman–Crippen LogP) is 2.14. The number of nitrogens with zero attached hydrogens (tertiary/aromatic N) is 1. The van der Waals surface area contributed by atoms with E-state index in [0.29, 0.717) is 11.0 Å². The van der Waals surface area contributed by atoms with E-state index in [9.17, 15) is 9.18 Å². The van der Waals surface area contributed by atoms with Gasteiger partial charge in [0, 0.05) is 24.4 Å². The summed E-state index contributed by atoms with van der Waals surface area (Å²) in [6.07, 6.45) is 6.38. The van der Waals surface area contributed by atoms with E-state index in [1.165, 1.54) is 44.0 Å². The highest BCUT2D eigenvalue weighted by atomic mass is 19.1. The molecule has 0 unspecified atom stereocenters. The topological polar surface area (TPSA) is 42.0 Å². The first-order valence-electron chi connectivity index (χ1n) is 6.09. The lowest BCUT2D eigenvalue weighted by atomic mass is 10.0. The van der Waals surface area contributed by atoms with Crippen molar-refractivity contribution in [3.8, 4) is 0 Å². The standard InChI is InChI=1S/C13H15FN2O/c14-11-7-9(3-6-15-11)12(17)16-8-13(4-5-13)10-1-2-10/h3,6-7,10H,1-2,4-5,8H2,(H,16,17). The first-order chi connectivity index (χ1) is 8.20. The van der Waals surface area contributed by atoms with Gasteiger partial charge in [0.15, 0.2) is 0 Å². The fourth-order valence-corrected chi connectivity index (χ4v) is 2.49. The van der Waals surface area contributed by atoms with Gasteiger partial charge >= 0.3 is 0 Å². The van der Waals surface area contributed by atoms with Crippen LogP contribution in [0, 0.1) is 17.3 Å². The van der Waals surface area contributed by atoms with E-state index >= 15 is 0 Å². The number of pyridine rings is 1. The normalized spacial score (nSPS) is 21.0. The lowest BCUT2D eigenvalue weighted by Crippen LogP contribution is -2.31. The van der Waals surface area contributed by atoms with E-state index in [4.69, 9.17) is 0 Å². The molecule has 2 aliphatic rings. The van der Waals surface area contributed by atoms with E-state index in [-0.39, 0.29) is 5.91 Å². The van der Waals surface area contributed by atoms with Crippen LogP contribution >= 0.6 is 0 Å². The summed E-state index contributed by atoms with van der Waals surface area (Å²) in [6.45, 7) is 0.737. The molecule has 0 saturated heterocycles. The quantitative estimate of drug-likeness (QED) is 0.811. The maximum absolute atomic E-state index is 12.9. The minimum atomic E-state index is -0.610. The molecule has 1 aromatic heterocycles. The van der Waals surface area contributed by atoms with Crippen LogP contribution in [0.1, 0.15) is 36.0 Å². The summed E-state index contributed by atoms with van der Waals surface area (Å²) in [4.78, 5) is 15.2. The fraction of sp³-hybridized carbons (Fsp3) is 0.538. The van der Waals surface area contributed by atoms with Gasteiger partial charge in [-0.1, -0.05) is 0 Å². The SMILES string of the molecule is O=C(NCC1(C2CC2)CC1)c1ccnc(F)c1. The predicted molar refractivity (Wildman–Crippen MR) is 60.9 cm³/mol. The molecular weight excluding hydrogens is 219 g/mol. The maximum atomic E-state index is 12.9. The van der Waals surface area contributed by atoms with Crippen molar-refractivity contribution in [3.63, 3.8) is 0 Å². The number of aromatic nitrogens is 1. The number of nitrogens with one attached hydrogen (secondary N) is 1. The zero-order valence-corrected chi connectivity index (χ0v) is 9.58. The molecule has 4 heteroatoms. The third-order valence-corrected chi connectivity index (χ3v) is 3.93. The molecule has 0 bridgehead atoms. The van der Waals surface area contributed by atoms with E-state index in [1.807, 2.05) is 0 Å². The zero-order valence-electron chi connectivity index (χ0n) is 9.58. The fourth-order valence-electron chi connectivity index (χ4n) is 2.49. The van der Waals surface area contributed by atoms with Crippen LogP contribution in [0.15, 0.2) is 18.3 Å². The van der Waals surface area contributed by atoms with Crippen molar-refractivity contribution in [1.29, 1.82) is 0 Å². The Hall–Kier alpha value is -1.45. The summed E-state index contributed by atoms with van der Waals surface area (Å²) in [5, 5.41) is 2.92. The zero-order chi connectivity index (χ0) is 11.9. The Morgan fingerprint density at radius 3 is 2.88 bits per heavy atom. The molecule has 2 fully saturated rings. The lowest BCUT2D eigenvalue weighted by Gasteiger charge is -2.14. The highest BCUT2D eigenvalue weighted by molar-refractivity contribution is 5.94. The van der Waals surface area contributed by atoms with Crippen LogP contribution in [0.4, 0.5) is 4.39 Å². The Kier molecular flexibility index (Phi) is 2.38. The van der Waals surface area contributed by atoms with Crippen molar-refractivity contribution in [2.24, 2.45) is 11.3 Å². The number of carbonyl (C=O) groups excluding carboxylic acids is 1. The van der Waals surface area contributed by atoms with Gasteiger partial charge in [0.1, 0.15) is 0 Å². The lowest BCUT2D eigenvalue weighted by molar-refractivity contribution is 0.0942. The Morgan fingerprint density at radius 2 is 2.29 bits per heavy atom. The number of halogens is 1. The van der Waals surface area contributed by atoms with E-state index in [2.05, 4.69) is 10.3 Å². The molecule has 0 aliphatic heterocycles. The highest BCUT2D eigenvalue weighted by Gasteiger charge is 2.53. The number of carbonyl (C=O) groups is 1. The molecule has 90 valence electrons. The van der Waals surface area contributed by atoms with Crippen LogP contribution in [-0.2, 0) is 0 Å². The van der Waals surface area contributed by atoms with Gasteiger partial charge in [0.05, 0.1) is 0 Å². The molecule has 3 rings (SSSR count). The van der Waals surface area contributed by atoms with Gasteiger partial charge in [-0.25, -0.2) is 4.98 Å². The van der Waals surface area contributed by atoms with Crippen molar-refractivity contribution >= 4 is 5.91 Å². The van der Waals surface area contributed by atoms with Crippen LogP contribution in [0.3, 0.4) is 0 Å². The monoisotopic (exact) mass is 234 g/mol. The molecule has 17 heavy (non-hydrogen) atoms. The van der Waals surface area contributed by atoms with Gasteiger partial charge < -0.3 is 5.32 Å². The van der Waals surface area contributed by atoms with Crippen LogP contribution in [0.5, 0.6) is 0 Å². The van der Waals surface area contributed by atoms with Gasteiger partial charge in [-0.15, -0.1) is 0 Å². The summed E-state index contributed by atoms with van der Waals surface area (Å²) in [7, 11) is 0. The molecule has 0 aromatic carbocycles. The Bertz CT molecular complexity index is 452. The van der Waals surface area contributed by atoms with Crippen molar-refractivity contribution < 1.29 is 9.18 Å². The average Bonchev–Trinajstić information content (AvgIpc) is 3.15. The number of hydrogen-bond acceptors (Lipinski definition) is 2. The van der Waals surface area contributed by atoms with Crippen LogP contribution in [0.2, 0.25) is 0 Å². The minimum absolute atomic E-state index is 0.196. The molecule has 1 aromatic rings. The largest absolute Gasteiger partial charge is 0.351 e. The van der Waals surface area contributed by atoms with Crippen LogP contribution < -0.4 is 5.32 Å². The van der Waals surface area contributed by atoms with Crippen molar-refractivity contribution in [2.45, 2.75) is 25.7 Å². The molecule has 0 radical (unpaired) electrons. The van der Waals surface area contributed by atoms with E-state index in [0.717, 1.165) is 12.5 Å². The molecule has 3 nitrogen and oxygen atoms in total. The third kappa shape index (κ3) is 2.16. The number of hydrogen-bond donors (Lipinski definition) is 1. The molecule has 1 heterocycles. The second kappa shape index (κ2) is 3.79. The number of amides is 1. The first kappa shape index (κ1) is 10.7. The van der Waals surface area contributed by atoms with Crippen molar-refractivity contribution in [2.75, 3.05) is 6.54 Å². The van der Waals surface area contributed by atoms with Crippen LogP contribution in [0.25, 0.3) is 0 Å². The Morgan fingerprint density at radius 1 is 1.53 bits per heavy atom. The molecule has 0 atom stereocenters. The van der Waals surface area contributed by atoms with Gasteiger partial charge in [-0.2, -0.15) is 4.39 Å². The van der Waals surface area contributed by atoms with Crippen LogP contribution in [-0.4, -0.2) is 17.4 Å². The van der Waals surface area contributed by atoms with Gasteiger partial charge in [-0.05, 0) is 43.1 Å². The highest BCUT2D eigenvalue weighted by Crippen LogP contribution is 2.60. The van der Waals surface area contributed by atoms with E-state index in [1.54, 1.807) is 0 Å². The molecule has 1 N–H and O–H groups in total. The molecule has 1 amide bonds. The summed E-state index contributed by atoms with van der Waals surface area (Å²) < 4.78 is 12.9. The maximum Gasteiger partial charge on any atom is 0.251 e. The average molecular weight is 234 g/mol. The second-order valence-corrected chi connectivity index (χ2v) is 5.19. The smallest absolute Gasteiger partial charge is 0.251 e. The van der Waals surface area contributed by atoms with Gasteiger partial charge in [0.2, 0.25) is 5.95 Å². The summed E-state index contributed by atoms with van der Waals surface area (Å²) >= 11 is 0. The van der Waals surface area contributed by atoms with Gasteiger partial charge in [-0.3, -0.25) is 4.79 Å². The molecule has 2 aliphatic carbocycles. The molecule has 2 saturated carbocycles. The third-order valence-electron chi connectivity index (χ3n) is 3.93. The van der Waals surface area contributed by atoms with E-state index < -0.39 is 5.95 Å². The van der Waals surface area contributed by atoms with Crippen molar-refractivity contribution in [1.82, 2.24) is 10.3 Å². The Labute approximate surface area is 99.4 Å². The first-order valence-corrected chi connectivity index (χ1v) is 6.09. The minimum Gasteiger partial charge on any atom is -0.351 e. The summed E-state index contributed by atoms with van der Waals surface area (Å²) in [6, 6.07) is 2.71. The molecular formula is C13H15FN2O. The second-order valence-electron chi connectivity index (χ2n) is 5.19. The van der Waals surface area contributed by atoms with Gasteiger partial charge in [0.25, 0.3) is 5.91 Å². The summed E-state index contributed by atoms with van der Waals surface area (Å²) in [5.41, 5.74) is 0.727. The Balaban J connectivity index is 1.60. The van der Waals surface area contributed by atoms with Crippen molar-refractivity contribution in [3.05, 3.63) is 29.8 Å². The summed E-state index contributed by atoms with van der Waals surface area (Å²) in [5.74, 6) is 0.0104. The number of rotatable bonds is 4. The molecule has 0 spiro atoms.